The fourth-order valence-electron chi connectivity index (χ4n) is 3.59. The van der Waals surface area contributed by atoms with Gasteiger partial charge in [-0.3, -0.25) is 4.68 Å². The van der Waals surface area contributed by atoms with E-state index in [1.807, 2.05) is 0 Å². The number of rotatable bonds is 6. The highest BCUT2D eigenvalue weighted by Crippen LogP contribution is 2.31. The smallest absolute Gasteiger partial charge is 0.0624 e. The Morgan fingerprint density at radius 3 is 2.57 bits per heavy atom. The molecule has 0 aliphatic heterocycles. The van der Waals surface area contributed by atoms with Gasteiger partial charge in [0.2, 0.25) is 0 Å². The SMILES string of the molecule is CCc1cc(CC2CCCCCC2CNC(C)C)n(C)n1. The Labute approximate surface area is 130 Å². The van der Waals surface area contributed by atoms with Crippen molar-refractivity contribution in [3.63, 3.8) is 0 Å². The molecule has 0 aromatic carbocycles. The minimum Gasteiger partial charge on any atom is -0.314 e. The lowest BCUT2D eigenvalue weighted by Gasteiger charge is -2.26. The molecule has 0 saturated heterocycles. The molecule has 2 rings (SSSR count). The summed E-state index contributed by atoms with van der Waals surface area (Å²) in [4.78, 5) is 0. The maximum Gasteiger partial charge on any atom is 0.0624 e. The summed E-state index contributed by atoms with van der Waals surface area (Å²) in [6, 6.07) is 2.91. The maximum atomic E-state index is 4.62. The predicted octanol–water partition coefficient (Wildman–Crippen LogP) is 3.72. The molecular weight excluding hydrogens is 258 g/mol. The summed E-state index contributed by atoms with van der Waals surface area (Å²) in [5.74, 6) is 1.65. The van der Waals surface area contributed by atoms with Gasteiger partial charge in [-0.15, -0.1) is 0 Å². The van der Waals surface area contributed by atoms with Gasteiger partial charge in [0.05, 0.1) is 5.69 Å². The van der Waals surface area contributed by atoms with Crippen molar-refractivity contribution in [3.05, 3.63) is 17.5 Å². The molecule has 0 radical (unpaired) electrons. The van der Waals surface area contributed by atoms with Crippen LogP contribution in [0.5, 0.6) is 0 Å². The molecule has 21 heavy (non-hydrogen) atoms. The van der Waals surface area contributed by atoms with E-state index in [0.717, 1.165) is 18.3 Å². The first-order valence-corrected chi connectivity index (χ1v) is 8.85. The van der Waals surface area contributed by atoms with Crippen LogP contribution in [0.3, 0.4) is 0 Å². The number of hydrogen-bond acceptors (Lipinski definition) is 2. The molecule has 0 bridgehead atoms. The lowest BCUT2D eigenvalue weighted by atomic mass is 9.84. The summed E-state index contributed by atoms with van der Waals surface area (Å²) >= 11 is 0. The second kappa shape index (κ2) is 7.98. The van der Waals surface area contributed by atoms with E-state index < -0.39 is 0 Å². The molecule has 1 saturated carbocycles. The third-order valence-corrected chi connectivity index (χ3v) is 4.97. The van der Waals surface area contributed by atoms with Crippen LogP contribution in [0.4, 0.5) is 0 Å². The lowest BCUT2D eigenvalue weighted by Crippen LogP contribution is -2.33. The van der Waals surface area contributed by atoms with E-state index in [-0.39, 0.29) is 0 Å². The maximum absolute atomic E-state index is 4.62. The molecule has 3 nitrogen and oxygen atoms in total. The zero-order chi connectivity index (χ0) is 15.2. The average molecular weight is 291 g/mol. The lowest BCUT2D eigenvalue weighted by molar-refractivity contribution is 0.287. The van der Waals surface area contributed by atoms with Gasteiger partial charge in [0, 0.05) is 18.8 Å². The summed E-state index contributed by atoms with van der Waals surface area (Å²) in [5, 5.41) is 8.29. The van der Waals surface area contributed by atoms with E-state index >= 15 is 0 Å². The first-order chi connectivity index (χ1) is 10.1. The standard InChI is InChI=1S/C18H33N3/c1-5-17-12-18(21(4)20-17)11-15-9-7-6-8-10-16(15)13-19-14(2)3/h12,14-16,19H,5-11,13H2,1-4H3. The van der Waals surface area contributed by atoms with Crippen LogP contribution in [0.25, 0.3) is 0 Å². The van der Waals surface area contributed by atoms with Crippen LogP contribution in [-0.2, 0) is 19.9 Å². The second-order valence-electron chi connectivity index (χ2n) is 7.03. The fourth-order valence-corrected chi connectivity index (χ4v) is 3.59. The van der Waals surface area contributed by atoms with Crippen molar-refractivity contribution in [1.29, 1.82) is 0 Å². The zero-order valence-electron chi connectivity index (χ0n) is 14.4. The summed E-state index contributed by atoms with van der Waals surface area (Å²) in [6.45, 7) is 7.87. The Hall–Kier alpha value is -0.830. The number of nitrogens with zero attached hydrogens (tertiary/aromatic N) is 2. The van der Waals surface area contributed by atoms with Crippen LogP contribution in [0.15, 0.2) is 6.07 Å². The zero-order valence-corrected chi connectivity index (χ0v) is 14.4. The van der Waals surface area contributed by atoms with E-state index in [9.17, 15) is 0 Å². The molecule has 1 heterocycles. The summed E-state index contributed by atoms with van der Waals surface area (Å²) in [7, 11) is 2.10. The number of nitrogens with one attached hydrogen (secondary N) is 1. The number of aryl methyl sites for hydroxylation is 2. The van der Waals surface area contributed by atoms with E-state index in [2.05, 4.69) is 49.0 Å². The average Bonchev–Trinajstić information content (AvgIpc) is 2.67. The molecule has 1 fully saturated rings. The Morgan fingerprint density at radius 1 is 1.24 bits per heavy atom. The quantitative estimate of drug-likeness (QED) is 0.810. The Balaban J connectivity index is 2.03. The molecular formula is C18H33N3. The Bertz CT molecular complexity index is 422. The molecule has 0 spiro atoms. The molecule has 2 unspecified atom stereocenters. The molecule has 120 valence electrons. The van der Waals surface area contributed by atoms with Crippen LogP contribution in [0.1, 0.15) is 64.3 Å². The van der Waals surface area contributed by atoms with Crippen LogP contribution in [0.2, 0.25) is 0 Å². The minimum absolute atomic E-state index is 0.595. The third kappa shape index (κ3) is 4.84. The molecule has 1 N–H and O–H groups in total. The topological polar surface area (TPSA) is 29.9 Å². The van der Waals surface area contributed by atoms with Crippen molar-refractivity contribution in [2.24, 2.45) is 18.9 Å². The number of aromatic nitrogens is 2. The highest BCUT2D eigenvalue weighted by molar-refractivity contribution is 5.11. The number of hydrogen-bond donors (Lipinski definition) is 1. The summed E-state index contributed by atoms with van der Waals surface area (Å²) < 4.78 is 2.11. The van der Waals surface area contributed by atoms with E-state index in [0.29, 0.717) is 6.04 Å². The van der Waals surface area contributed by atoms with Crippen molar-refractivity contribution >= 4 is 0 Å². The minimum atomic E-state index is 0.595. The van der Waals surface area contributed by atoms with Crippen molar-refractivity contribution in [3.8, 4) is 0 Å². The highest BCUT2D eigenvalue weighted by Gasteiger charge is 2.25. The van der Waals surface area contributed by atoms with Gasteiger partial charge in [-0.05, 0) is 50.1 Å². The monoisotopic (exact) mass is 291 g/mol. The van der Waals surface area contributed by atoms with Gasteiger partial charge in [0.15, 0.2) is 0 Å². The summed E-state index contributed by atoms with van der Waals surface area (Å²) in [5.41, 5.74) is 2.66. The van der Waals surface area contributed by atoms with Gasteiger partial charge < -0.3 is 5.32 Å². The Morgan fingerprint density at radius 2 is 1.95 bits per heavy atom. The van der Waals surface area contributed by atoms with Crippen LogP contribution < -0.4 is 5.32 Å². The van der Waals surface area contributed by atoms with Crippen LogP contribution >= 0.6 is 0 Å². The van der Waals surface area contributed by atoms with E-state index in [1.54, 1.807) is 0 Å². The van der Waals surface area contributed by atoms with E-state index in [4.69, 9.17) is 0 Å². The third-order valence-electron chi connectivity index (χ3n) is 4.97. The molecule has 2 atom stereocenters. The van der Waals surface area contributed by atoms with Crippen molar-refractivity contribution in [2.45, 2.75) is 71.8 Å². The van der Waals surface area contributed by atoms with Crippen LogP contribution in [-0.4, -0.2) is 22.4 Å². The largest absolute Gasteiger partial charge is 0.314 e. The predicted molar refractivity (Wildman–Crippen MR) is 89.5 cm³/mol. The summed E-state index contributed by atoms with van der Waals surface area (Å²) in [6.07, 6.45) is 9.25. The first kappa shape index (κ1) is 16.5. The molecule has 1 aromatic rings. The van der Waals surface area contributed by atoms with Crippen molar-refractivity contribution in [2.75, 3.05) is 6.54 Å². The van der Waals surface area contributed by atoms with Crippen molar-refractivity contribution < 1.29 is 0 Å². The molecule has 1 aliphatic carbocycles. The van der Waals surface area contributed by atoms with Crippen molar-refractivity contribution in [1.82, 2.24) is 15.1 Å². The second-order valence-corrected chi connectivity index (χ2v) is 7.03. The van der Waals surface area contributed by atoms with Gasteiger partial charge in [0.1, 0.15) is 0 Å². The van der Waals surface area contributed by atoms with Gasteiger partial charge >= 0.3 is 0 Å². The molecule has 3 heteroatoms. The van der Waals surface area contributed by atoms with Gasteiger partial charge in [-0.25, -0.2) is 0 Å². The highest BCUT2D eigenvalue weighted by atomic mass is 15.3. The van der Waals surface area contributed by atoms with Gasteiger partial charge in [0.25, 0.3) is 0 Å². The normalized spacial score (nSPS) is 23.5. The van der Waals surface area contributed by atoms with Crippen LogP contribution in [0, 0.1) is 11.8 Å². The Kier molecular flexibility index (Phi) is 6.28. The first-order valence-electron chi connectivity index (χ1n) is 8.85. The van der Waals surface area contributed by atoms with E-state index in [1.165, 1.54) is 56.5 Å². The molecule has 1 aliphatic rings. The molecule has 1 aromatic heterocycles. The van der Waals surface area contributed by atoms with Gasteiger partial charge in [-0.2, -0.15) is 5.10 Å². The fraction of sp³-hybridized carbons (Fsp3) is 0.833. The van der Waals surface area contributed by atoms with Gasteiger partial charge in [-0.1, -0.05) is 40.0 Å². The molecule has 0 amide bonds.